The fourth-order valence-corrected chi connectivity index (χ4v) is 5.88. The maximum absolute atomic E-state index is 14.6. The Morgan fingerprint density at radius 2 is 2.14 bits per heavy atom. The highest BCUT2D eigenvalue weighted by Gasteiger charge is 2.34. The van der Waals surface area contributed by atoms with E-state index in [1.54, 1.807) is 24.5 Å². The van der Waals surface area contributed by atoms with Crippen LogP contribution in [0.3, 0.4) is 0 Å². The van der Waals surface area contributed by atoms with E-state index in [2.05, 4.69) is 25.5 Å². The van der Waals surface area contributed by atoms with E-state index in [1.807, 2.05) is 6.07 Å². The lowest BCUT2D eigenvalue weighted by Gasteiger charge is -2.24. The molecule has 3 aromatic rings. The molecule has 8 nitrogen and oxygen atoms in total. The van der Waals surface area contributed by atoms with E-state index in [1.165, 1.54) is 13.2 Å². The van der Waals surface area contributed by atoms with Crippen LogP contribution in [-0.4, -0.2) is 60.7 Å². The van der Waals surface area contributed by atoms with Crippen molar-refractivity contribution in [3.8, 4) is 22.8 Å². The Morgan fingerprint density at radius 1 is 1.22 bits per heavy atom. The second-order valence-electron chi connectivity index (χ2n) is 10.2. The number of hydrogen-bond acceptors (Lipinski definition) is 6. The summed E-state index contributed by atoms with van der Waals surface area (Å²) in [6.07, 6.45) is 7.73. The molecule has 0 saturated carbocycles. The molecule has 194 valence electrons. The summed E-state index contributed by atoms with van der Waals surface area (Å²) in [5, 5.41) is 6.42. The van der Waals surface area contributed by atoms with Gasteiger partial charge in [0.2, 0.25) is 0 Å². The van der Waals surface area contributed by atoms with Gasteiger partial charge < -0.3 is 30.0 Å². The van der Waals surface area contributed by atoms with Crippen LogP contribution in [-0.2, 0) is 0 Å². The minimum Gasteiger partial charge on any atom is -0.492 e. The number of carbonyl (C=O) groups is 1. The molecule has 3 atom stereocenters. The third-order valence-corrected chi connectivity index (χ3v) is 7.78. The van der Waals surface area contributed by atoms with Gasteiger partial charge in [-0.1, -0.05) is 12.5 Å². The number of aromatic amines is 1. The van der Waals surface area contributed by atoms with Crippen molar-refractivity contribution in [1.82, 2.24) is 20.2 Å². The van der Waals surface area contributed by atoms with Crippen molar-refractivity contribution in [1.29, 1.82) is 0 Å². The van der Waals surface area contributed by atoms with Gasteiger partial charge in [0.1, 0.15) is 5.75 Å². The highest BCUT2D eigenvalue weighted by atomic mass is 19.1. The number of hydrogen-bond donors (Lipinski definition) is 3. The number of nitrogens with zero attached hydrogens (tertiary/aromatic N) is 2. The molecule has 1 unspecified atom stereocenters. The van der Waals surface area contributed by atoms with E-state index in [9.17, 15) is 9.18 Å². The van der Waals surface area contributed by atoms with Crippen molar-refractivity contribution in [2.45, 2.75) is 31.6 Å². The average molecular weight is 506 g/mol. The minimum atomic E-state index is -0.478. The van der Waals surface area contributed by atoms with Gasteiger partial charge in [-0.15, -0.1) is 0 Å². The van der Waals surface area contributed by atoms with Crippen molar-refractivity contribution in [3.63, 3.8) is 0 Å². The number of ether oxygens (including phenoxy) is 2. The summed E-state index contributed by atoms with van der Waals surface area (Å²) in [5.41, 5.74) is 4.00. The molecule has 3 N–H and O–H groups in total. The monoisotopic (exact) mass is 505 g/mol. The van der Waals surface area contributed by atoms with Crippen molar-refractivity contribution in [3.05, 3.63) is 53.7 Å². The number of benzene rings is 1. The first-order valence-corrected chi connectivity index (χ1v) is 13.1. The van der Waals surface area contributed by atoms with Gasteiger partial charge in [0.05, 0.1) is 42.5 Å². The van der Waals surface area contributed by atoms with E-state index >= 15 is 0 Å². The Balaban J connectivity index is 1.49. The second kappa shape index (κ2) is 10.0. The van der Waals surface area contributed by atoms with Gasteiger partial charge in [0.15, 0.2) is 11.6 Å². The molecule has 1 fully saturated rings. The van der Waals surface area contributed by atoms with Crippen LogP contribution in [0.2, 0.25) is 0 Å². The maximum Gasteiger partial charge on any atom is 0.255 e. The number of carbonyl (C=O) groups excluding carboxylic acids is 1. The molecule has 0 aliphatic carbocycles. The Morgan fingerprint density at radius 3 is 3.03 bits per heavy atom. The molecule has 1 saturated heterocycles. The Kier molecular flexibility index (Phi) is 6.46. The standard InChI is InChI=1S/C28H32FN5O3/c1-36-27-20(29)6-4-7-21(27)32-26-23-24-18(13-31-28(23)35)5-2-3-11-34-12-9-17(15-34)16-37-22-14-30-10-8-19(22)25(26)33-24/h4,6-8,10,14,17-18,32-33H,2-3,5,9,11-13,15-16H2,1H3,(H,31,35)/t17-,18-/m1/s1. The molecular weight excluding hydrogens is 473 g/mol. The fourth-order valence-electron chi connectivity index (χ4n) is 5.88. The van der Waals surface area contributed by atoms with Crippen molar-refractivity contribution in [2.24, 2.45) is 5.92 Å². The molecule has 3 aliphatic heterocycles. The fraction of sp³-hybridized carbons (Fsp3) is 0.429. The van der Waals surface area contributed by atoms with E-state index in [0.717, 1.165) is 62.3 Å². The Labute approximate surface area is 215 Å². The minimum absolute atomic E-state index is 0.0929. The number of nitrogens with one attached hydrogen (secondary N) is 3. The maximum atomic E-state index is 14.6. The third kappa shape index (κ3) is 4.52. The predicted molar refractivity (Wildman–Crippen MR) is 139 cm³/mol. The number of anilines is 2. The molecule has 37 heavy (non-hydrogen) atoms. The molecule has 4 bridgehead atoms. The first kappa shape index (κ1) is 23.8. The number of methoxy groups -OCH3 is 1. The number of aromatic nitrogens is 2. The zero-order valence-electron chi connectivity index (χ0n) is 21.0. The van der Waals surface area contributed by atoms with Gasteiger partial charge in [-0.05, 0) is 50.6 Å². The first-order chi connectivity index (χ1) is 18.1. The van der Waals surface area contributed by atoms with Crippen molar-refractivity contribution >= 4 is 17.3 Å². The van der Waals surface area contributed by atoms with E-state index in [0.29, 0.717) is 41.8 Å². The molecule has 3 aliphatic rings. The van der Waals surface area contributed by atoms with Crippen LogP contribution < -0.4 is 20.1 Å². The number of halogens is 1. The number of pyridine rings is 1. The molecule has 2 aromatic heterocycles. The third-order valence-electron chi connectivity index (χ3n) is 7.78. The molecule has 6 rings (SSSR count). The van der Waals surface area contributed by atoms with Crippen LogP contribution >= 0.6 is 0 Å². The number of rotatable bonds is 3. The lowest BCUT2D eigenvalue weighted by molar-refractivity contribution is 0.0939. The molecule has 9 heteroatoms. The van der Waals surface area contributed by atoms with Gasteiger partial charge >= 0.3 is 0 Å². The van der Waals surface area contributed by atoms with E-state index in [4.69, 9.17) is 9.47 Å². The van der Waals surface area contributed by atoms with E-state index < -0.39 is 5.82 Å². The molecule has 1 aromatic carbocycles. The van der Waals surface area contributed by atoms with Gasteiger partial charge in [-0.25, -0.2) is 4.39 Å². The highest BCUT2D eigenvalue weighted by molar-refractivity contribution is 6.07. The second-order valence-corrected chi connectivity index (χ2v) is 10.2. The van der Waals surface area contributed by atoms with Gasteiger partial charge in [0, 0.05) is 42.4 Å². The topological polar surface area (TPSA) is 91.5 Å². The SMILES string of the molecule is COc1c(F)cccc1Nc1c2[nH]c3c1C(=O)NC[C@H]3CCCCN1CC[C@@H](COc3cnccc3-2)C1. The zero-order valence-corrected chi connectivity index (χ0v) is 21.0. The predicted octanol–water partition coefficient (Wildman–Crippen LogP) is 4.68. The summed E-state index contributed by atoms with van der Waals surface area (Å²) in [6.45, 7) is 4.44. The van der Waals surface area contributed by atoms with E-state index in [-0.39, 0.29) is 17.6 Å². The smallest absolute Gasteiger partial charge is 0.255 e. The lowest BCUT2D eigenvalue weighted by Crippen LogP contribution is -2.35. The first-order valence-electron chi connectivity index (χ1n) is 13.1. The molecule has 1 amide bonds. The van der Waals surface area contributed by atoms with Crippen molar-refractivity contribution in [2.75, 3.05) is 45.2 Å². The van der Waals surface area contributed by atoms with Crippen LogP contribution in [0.25, 0.3) is 11.3 Å². The Hall–Kier alpha value is -3.59. The van der Waals surface area contributed by atoms with Crippen LogP contribution in [0.5, 0.6) is 11.5 Å². The lowest BCUT2D eigenvalue weighted by atomic mass is 9.91. The molecule has 0 spiro atoms. The molecular formula is C28H32FN5O3. The summed E-state index contributed by atoms with van der Waals surface area (Å²) < 4.78 is 26.3. The largest absolute Gasteiger partial charge is 0.492 e. The summed E-state index contributed by atoms with van der Waals surface area (Å²) in [6, 6.07) is 6.60. The van der Waals surface area contributed by atoms with Gasteiger partial charge in [-0.2, -0.15) is 0 Å². The number of fused-ring (bicyclic) bond motifs is 5. The van der Waals surface area contributed by atoms with Gasteiger partial charge in [0.25, 0.3) is 5.91 Å². The number of amides is 1. The summed E-state index contributed by atoms with van der Waals surface area (Å²) in [4.78, 5) is 23.7. The summed E-state index contributed by atoms with van der Waals surface area (Å²) >= 11 is 0. The van der Waals surface area contributed by atoms with Crippen LogP contribution in [0.1, 0.15) is 47.7 Å². The Bertz CT molecular complexity index is 1310. The zero-order chi connectivity index (χ0) is 25.4. The summed E-state index contributed by atoms with van der Waals surface area (Å²) in [7, 11) is 1.43. The quantitative estimate of drug-likeness (QED) is 0.479. The average Bonchev–Trinajstić information content (AvgIpc) is 3.52. The summed E-state index contributed by atoms with van der Waals surface area (Å²) in [5.74, 6) is 0.733. The highest BCUT2D eigenvalue weighted by Crippen LogP contribution is 2.44. The molecule has 5 heterocycles. The number of para-hydroxylation sites is 1. The van der Waals surface area contributed by atoms with Crippen LogP contribution in [0.15, 0.2) is 36.7 Å². The number of H-pyrrole nitrogens is 1. The normalized spacial score (nSPS) is 23.2. The van der Waals surface area contributed by atoms with Crippen LogP contribution in [0.4, 0.5) is 15.8 Å². The van der Waals surface area contributed by atoms with Gasteiger partial charge in [-0.3, -0.25) is 9.78 Å². The van der Waals surface area contributed by atoms with Crippen LogP contribution in [0, 0.1) is 11.7 Å². The van der Waals surface area contributed by atoms with Crippen molar-refractivity contribution < 1.29 is 18.7 Å². The molecule has 0 radical (unpaired) electrons.